The minimum atomic E-state index is -4.38. The van der Waals surface area contributed by atoms with Crippen molar-refractivity contribution in [1.29, 1.82) is 0 Å². The number of hydrogen-bond acceptors (Lipinski definition) is 3. The molecule has 2 saturated carbocycles. The SMILES string of the molecule is O=C(C[C@H]1COCC[C@@H]1NC1CCCC1)c1ccc(C(F)(F)F)cc1C1CC1. The van der Waals surface area contributed by atoms with Crippen molar-refractivity contribution in [1.82, 2.24) is 5.32 Å². The van der Waals surface area contributed by atoms with E-state index in [4.69, 9.17) is 4.74 Å². The summed E-state index contributed by atoms with van der Waals surface area (Å²) in [4.78, 5) is 13.0. The highest BCUT2D eigenvalue weighted by molar-refractivity contribution is 5.98. The molecule has 3 fully saturated rings. The van der Waals surface area contributed by atoms with Crippen LogP contribution in [-0.4, -0.2) is 31.1 Å². The van der Waals surface area contributed by atoms with E-state index < -0.39 is 11.7 Å². The number of carbonyl (C=O) groups is 1. The van der Waals surface area contributed by atoms with Gasteiger partial charge in [0.15, 0.2) is 5.78 Å². The molecule has 0 aromatic heterocycles. The van der Waals surface area contributed by atoms with E-state index in [9.17, 15) is 18.0 Å². The smallest absolute Gasteiger partial charge is 0.381 e. The molecular formula is C22H28F3NO2. The van der Waals surface area contributed by atoms with Gasteiger partial charge in [0.1, 0.15) is 0 Å². The monoisotopic (exact) mass is 395 g/mol. The van der Waals surface area contributed by atoms with E-state index in [1.807, 2.05) is 0 Å². The zero-order valence-electron chi connectivity index (χ0n) is 16.1. The molecule has 0 amide bonds. The number of ether oxygens (including phenoxy) is 1. The Labute approximate surface area is 164 Å². The first-order chi connectivity index (χ1) is 13.4. The van der Waals surface area contributed by atoms with Crippen molar-refractivity contribution < 1.29 is 22.7 Å². The zero-order chi connectivity index (χ0) is 19.7. The molecule has 1 aliphatic heterocycles. The van der Waals surface area contributed by atoms with E-state index in [0.29, 0.717) is 36.8 Å². The molecule has 1 heterocycles. The second-order valence-electron chi connectivity index (χ2n) is 8.58. The maximum atomic E-state index is 13.1. The fourth-order valence-electron chi connectivity index (χ4n) is 4.69. The van der Waals surface area contributed by atoms with Gasteiger partial charge in [-0.1, -0.05) is 18.9 Å². The Bertz CT molecular complexity index is 708. The first-order valence-electron chi connectivity index (χ1n) is 10.5. The molecule has 0 bridgehead atoms. The van der Waals surface area contributed by atoms with Gasteiger partial charge in [-0.15, -0.1) is 0 Å². The summed E-state index contributed by atoms with van der Waals surface area (Å²) in [6.45, 7) is 1.23. The number of hydrogen-bond donors (Lipinski definition) is 1. The molecule has 3 aliphatic rings. The standard InChI is InChI=1S/C22H28F3NO2/c23-22(24,25)16-7-8-18(19(12-16)14-5-6-14)21(27)11-15-13-28-10-9-20(15)26-17-3-1-2-4-17/h7-8,12,14-15,17,20,26H,1-6,9-11,13H2/t15-,20-/m0/s1. The first kappa shape index (κ1) is 19.9. The highest BCUT2D eigenvalue weighted by Crippen LogP contribution is 2.44. The Hall–Kier alpha value is -1.40. The Morgan fingerprint density at radius 1 is 1.11 bits per heavy atom. The van der Waals surface area contributed by atoms with Gasteiger partial charge in [0.25, 0.3) is 0 Å². The van der Waals surface area contributed by atoms with Crippen molar-refractivity contribution in [2.75, 3.05) is 13.2 Å². The molecule has 3 nitrogen and oxygen atoms in total. The fraction of sp³-hybridized carbons (Fsp3) is 0.682. The normalized spacial score (nSPS) is 26.5. The highest BCUT2D eigenvalue weighted by Gasteiger charge is 2.36. The summed E-state index contributed by atoms with van der Waals surface area (Å²) in [5.41, 5.74) is 0.394. The van der Waals surface area contributed by atoms with E-state index in [2.05, 4.69) is 5.32 Å². The van der Waals surface area contributed by atoms with Crippen LogP contribution >= 0.6 is 0 Å². The molecule has 1 aromatic rings. The molecule has 4 rings (SSSR count). The third kappa shape index (κ3) is 4.60. The lowest BCUT2D eigenvalue weighted by Gasteiger charge is -2.34. The number of alkyl halides is 3. The highest BCUT2D eigenvalue weighted by atomic mass is 19.4. The Balaban J connectivity index is 1.48. The lowest BCUT2D eigenvalue weighted by molar-refractivity contribution is -0.137. The van der Waals surface area contributed by atoms with E-state index >= 15 is 0 Å². The van der Waals surface area contributed by atoms with Crippen LogP contribution in [0.1, 0.15) is 78.8 Å². The number of carbonyl (C=O) groups excluding carboxylic acids is 1. The molecular weight excluding hydrogens is 367 g/mol. The van der Waals surface area contributed by atoms with Crippen molar-refractivity contribution in [3.05, 3.63) is 34.9 Å². The van der Waals surface area contributed by atoms with E-state index in [-0.39, 0.29) is 23.7 Å². The molecule has 0 spiro atoms. The summed E-state index contributed by atoms with van der Waals surface area (Å²) < 4.78 is 44.9. The van der Waals surface area contributed by atoms with Crippen LogP contribution in [-0.2, 0) is 10.9 Å². The van der Waals surface area contributed by atoms with Gasteiger partial charge < -0.3 is 10.1 Å². The van der Waals surface area contributed by atoms with Gasteiger partial charge in [-0.05, 0) is 55.7 Å². The predicted molar refractivity (Wildman–Crippen MR) is 100 cm³/mol. The molecule has 28 heavy (non-hydrogen) atoms. The molecule has 0 radical (unpaired) electrons. The number of halogens is 3. The molecule has 1 N–H and O–H groups in total. The van der Waals surface area contributed by atoms with E-state index in [1.54, 1.807) is 0 Å². The summed E-state index contributed by atoms with van der Waals surface area (Å²) in [5.74, 6) is 0.122. The second-order valence-corrected chi connectivity index (χ2v) is 8.58. The number of nitrogens with one attached hydrogen (secondary N) is 1. The third-order valence-electron chi connectivity index (χ3n) is 6.42. The number of Topliss-reactive ketones (excluding diaryl/α,β-unsaturated/α-hetero) is 1. The molecule has 1 saturated heterocycles. The van der Waals surface area contributed by atoms with Gasteiger partial charge in [0.05, 0.1) is 12.2 Å². The quantitative estimate of drug-likeness (QED) is 0.682. The number of ketones is 1. The van der Waals surface area contributed by atoms with Gasteiger partial charge in [-0.2, -0.15) is 13.2 Å². The molecule has 1 aromatic carbocycles. The fourth-order valence-corrected chi connectivity index (χ4v) is 4.69. The number of benzene rings is 1. The van der Waals surface area contributed by atoms with Crippen LogP contribution in [0.5, 0.6) is 0 Å². The van der Waals surface area contributed by atoms with Gasteiger partial charge in [-0.3, -0.25) is 4.79 Å². The van der Waals surface area contributed by atoms with Crippen LogP contribution in [0.4, 0.5) is 13.2 Å². The molecule has 0 unspecified atom stereocenters. The third-order valence-corrected chi connectivity index (χ3v) is 6.42. The zero-order valence-corrected chi connectivity index (χ0v) is 16.1. The average molecular weight is 395 g/mol. The van der Waals surface area contributed by atoms with Crippen molar-refractivity contribution in [3.8, 4) is 0 Å². The largest absolute Gasteiger partial charge is 0.416 e. The van der Waals surface area contributed by atoms with Gasteiger partial charge in [-0.25, -0.2) is 0 Å². The Morgan fingerprint density at radius 3 is 2.54 bits per heavy atom. The van der Waals surface area contributed by atoms with Crippen molar-refractivity contribution in [2.45, 2.75) is 75.5 Å². The number of rotatable bonds is 6. The lowest BCUT2D eigenvalue weighted by Crippen LogP contribution is -2.47. The molecule has 2 atom stereocenters. The summed E-state index contributed by atoms with van der Waals surface area (Å²) in [5, 5.41) is 3.72. The molecule has 154 valence electrons. The van der Waals surface area contributed by atoms with Crippen LogP contribution in [0.3, 0.4) is 0 Å². The van der Waals surface area contributed by atoms with Gasteiger partial charge in [0, 0.05) is 36.6 Å². The van der Waals surface area contributed by atoms with Crippen molar-refractivity contribution in [2.24, 2.45) is 5.92 Å². The summed E-state index contributed by atoms with van der Waals surface area (Å²) in [6, 6.07) is 4.40. The maximum Gasteiger partial charge on any atom is 0.416 e. The lowest BCUT2D eigenvalue weighted by atomic mass is 9.86. The maximum absolute atomic E-state index is 13.1. The molecule has 6 heteroatoms. The van der Waals surface area contributed by atoms with E-state index in [0.717, 1.165) is 25.3 Å². The van der Waals surface area contributed by atoms with Crippen LogP contribution in [0.25, 0.3) is 0 Å². The van der Waals surface area contributed by atoms with Crippen LogP contribution < -0.4 is 5.32 Å². The Morgan fingerprint density at radius 2 is 1.86 bits per heavy atom. The summed E-state index contributed by atoms with van der Waals surface area (Å²) >= 11 is 0. The minimum Gasteiger partial charge on any atom is -0.381 e. The van der Waals surface area contributed by atoms with E-state index in [1.165, 1.54) is 37.8 Å². The van der Waals surface area contributed by atoms with Crippen LogP contribution in [0.2, 0.25) is 0 Å². The average Bonchev–Trinajstić information content (AvgIpc) is 3.39. The predicted octanol–water partition coefficient (Wildman–Crippen LogP) is 5.09. The summed E-state index contributed by atoms with van der Waals surface area (Å²) in [6.07, 6.45) is 3.43. The van der Waals surface area contributed by atoms with Crippen molar-refractivity contribution in [3.63, 3.8) is 0 Å². The van der Waals surface area contributed by atoms with Crippen molar-refractivity contribution >= 4 is 5.78 Å². The van der Waals surface area contributed by atoms with Crippen LogP contribution in [0.15, 0.2) is 18.2 Å². The van der Waals surface area contributed by atoms with Crippen LogP contribution in [0, 0.1) is 5.92 Å². The topological polar surface area (TPSA) is 38.3 Å². The molecule has 2 aliphatic carbocycles. The first-order valence-corrected chi connectivity index (χ1v) is 10.5. The Kier molecular flexibility index (Phi) is 5.79. The summed E-state index contributed by atoms with van der Waals surface area (Å²) in [7, 11) is 0. The van der Waals surface area contributed by atoms with Gasteiger partial charge in [0.2, 0.25) is 0 Å². The minimum absolute atomic E-state index is 0.0515. The second kappa shape index (κ2) is 8.15. The van der Waals surface area contributed by atoms with Gasteiger partial charge >= 0.3 is 6.18 Å².